The summed E-state index contributed by atoms with van der Waals surface area (Å²) >= 11 is 0. The maximum atomic E-state index is 2.42. The molecule has 332 valence electrons. The van der Waals surface area contributed by atoms with E-state index in [1.54, 1.807) is 0 Å². The molecule has 0 atom stereocenters. The average molecular weight is 904 g/mol. The van der Waals surface area contributed by atoms with Crippen LogP contribution in [0.3, 0.4) is 0 Å². The number of hydrogen-bond acceptors (Lipinski definition) is 1. The zero-order valence-corrected chi connectivity index (χ0v) is 38.8. The molecule has 12 aromatic carbocycles. The average Bonchev–Trinajstić information content (AvgIpc) is 3.96. The van der Waals surface area contributed by atoms with Gasteiger partial charge in [-0.2, -0.15) is 0 Å². The molecule has 0 N–H and O–H groups in total. The van der Waals surface area contributed by atoms with Crippen LogP contribution in [0.5, 0.6) is 0 Å². The van der Waals surface area contributed by atoms with Crippen molar-refractivity contribution in [3.8, 4) is 44.8 Å². The Kier molecular flexibility index (Phi) is 9.53. The highest BCUT2D eigenvalue weighted by atomic mass is 15.1. The maximum absolute atomic E-state index is 2.42. The smallest absolute Gasteiger partial charge is 0.0541 e. The molecule has 71 heavy (non-hydrogen) atoms. The van der Waals surface area contributed by atoms with E-state index < -0.39 is 0 Å². The van der Waals surface area contributed by atoms with Gasteiger partial charge in [-0.05, 0) is 170 Å². The van der Waals surface area contributed by atoms with Crippen LogP contribution >= 0.6 is 0 Å². The fourth-order valence-corrected chi connectivity index (χ4v) is 11.0. The number of nitrogens with zero attached hydrogens (tertiary/aromatic N) is 3. The minimum absolute atomic E-state index is 1.10. The molecule has 0 aliphatic rings. The first-order valence-corrected chi connectivity index (χ1v) is 24.4. The number of aromatic nitrogens is 2. The lowest BCUT2D eigenvalue weighted by Gasteiger charge is -2.25. The molecule has 0 saturated heterocycles. The Morgan fingerprint density at radius 2 is 0.577 bits per heavy atom. The highest BCUT2D eigenvalue weighted by Gasteiger charge is 2.18. The molecule has 0 bridgehead atoms. The standard InChI is InChI=1S/C68H45N3/c1-3-19-56(20-4-1)69(57-21-5-2-6-22-57)58-33-27-48(28-34-58)53-39-54(51-31-37-67-63(44-51)61-23-11-13-25-65(61)70(67)59-35-29-46-15-7-9-17-49(46)42-59)41-55(40-53)52-32-38-68-64(45-52)62-24-12-14-26-66(62)71(68)60-36-30-47-16-8-10-18-50(47)43-60/h1-45H. The number of rotatable bonds is 8. The van der Waals surface area contributed by atoms with Crippen LogP contribution in [0.25, 0.3) is 110 Å². The van der Waals surface area contributed by atoms with Gasteiger partial charge < -0.3 is 14.0 Å². The van der Waals surface area contributed by atoms with Gasteiger partial charge in [0.25, 0.3) is 0 Å². The largest absolute Gasteiger partial charge is 0.311 e. The molecule has 0 radical (unpaired) electrons. The summed E-state index contributed by atoms with van der Waals surface area (Å²) in [5, 5.41) is 9.87. The normalized spacial score (nSPS) is 11.7. The van der Waals surface area contributed by atoms with Crippen molar-refractivity contribution < 1.29 is 0 Å². The Morgan fingerprint density at radius 3 is 1.06 bits per heavy atom. The third-order valence-corrected chi connectivity index (χ3v) is 14.4. The molecule has 0 spiro atoms. The molecular formula is C68H45N3. The Hall–Kier alpha value is -9.44. The summed E-state index contributed by atoms with van der Waals surface area (Å²) in [7, 11) is 0. The lowest BCUT2D eigenvalue weighted by molar-refractivity contribution is 1.19. The summed E-state index contributed by atoms with van der Waals surface area (Å²) in [6.07, 6.45) is 0. The molecule has 14 rings (SSSR count). The van der Waals surface area contributed by atoms with Crippen molar-refractivity contribution in [2.75, 3.05) is 4.90 Å². The molecule has 0 saturated carbocycles. The molecule has 2 aromatic heterocycles. The SMILES string of the molecule is c1ccc(N(c2ccccc2)c2ccc(-c3cc(-c4ccc5c(c4)c4ccccc4n5-c4ccc5ccccc5c4)cc(-c4ccc5c(c4)c4ccccc4n5-c4ccc5ccccc5c4)c3)cc2)cc1. The van der Waals surface area contributed by atoms with Crippen molar-refractivity contribution in [3.05, 3.63) is 273 Å². The van der Waals surface area contributed by atoms with Gasteiger partial charge in [-0.25, -0.2) is 0 Å². The van der Waals surface area contributed by atoms with Gasteiger partial charge in [-0.3, -0.25) is 0 Å². The molecule has 0 aliphatic heterocycles. The zero-order chi connectivity index (χ0) is 46.8. The van der Waals surface area contributed by atoms with Crippen LogP contribution in [0.1, 0.15) is 0 Å². The third kappa shape index (κ3) is 6.97. The van der Waals surface area contributed by atoms with Gasteiger partial charge in [0.2, 0.25) is 0 Å². The summed E-state index contributed by atoms with van der Waals surface area (Å²) in [5.74, 6) is 0. The summed E-state index contributed by atoms with van der Waals surface area (Å²) in [5.41, 5.74) is 17.4. The summed E-state index contributed by atoms with van der Waals surface area (Å²) in [4.78, 5) is 2.32. The molecule has 3 nitrogen and oxygen atoms in total. The monoisotopic (exact) mass is 903 g/mol. The van der Waals surface area contributed by atoms with Gasteiger partial charge in [0, 0.05) is 50.0 Å². The van der Waals surface area contributed by atoms with Gasteiger partial charge in [0.1, 0.15) is 0 Å². The van der Waals surface area contributed by atoms with E-state index in [4.69, 9.17) is 0 Å². The zero-order valence-electron chi connectivity index (χ0n) is 38.8. The first-order valence-electron chi connectivity index (χ1n) is 24.4. The second kappa shape index (κ2) is 16.7. The number of para-hydroxylation sites is 4. The Bertz CT molecular complexity index is 4080. The van der Waals surface area contributed by atoms with E-state index in [1.165, 1.54) is 87.4 Å². The van der Waals surface area contributed by atoms with Crippen LogP contribution < -0.4 is 4.90 Å². The second-order valence-electron chi connectivity index (χ2n) is 18.6. The van der Waals surface area contributed by atoms with Crippen LogP contribution in [-0.2, 0) is 0 Å². The molecule has 0 unspecified atom stereocenters. The first kappa shape index (κ1) is 40.6. The molecule has 0 aliphatic carbocycles. The topological polar surface area (TPSA) is 13.1 Å². The quantitative estimate of drug-likeness (QED) is 0.148. The van der Waals surface area contributed by atoms with Crippen LogP contribution in [0.2, 0.25) is 0 Å². The van der Waals surface area contributed by atoms with Crippen molar-refractivity contribution in [1.82, 2.24) is 9.13 Å². The highest BCUT2D eigenvalue weighted by Crippen LogP contribution is 2.42. The van der Waals surface area contributed by atoms with E-state index in [2.05, 4.69) is 287 Å². The Morgan fingerprint density at radius 1 is 0.211 bits per heavy atom. The van der Waals surface area contributed by atoms with Gasteiger partial charge in [0.05, 0.1) is 22.1 Å². The fourth-order valence-electron chi connectivity index (χ4n) is 11.0. The Balaban J connectivity index is 0.941. The van der Waals surface area contributed by atoms with Crippen molar-refractivity contribution >= 4 is 82.2 Å². The van der Waals surface area contributed by atoms with E-state index in [1.807, 2.05) is 0 Å². The van der Waals surface area contributed by atoms with Gasteiger partial charge >= 0.3 is 0 Å². The van der Waals surface area contributed by atoms with Crippen molar-refractivity contribution in [1.29, 1.82) is 0 Å². The summed E-state index contributed by atoms with van der Waals surface area (Å²) in [6.45, 7) is 0. The molecule has 0 fully saturated rings. The predicted molar refractivity (Wildman–Crippen MR) is 301 cm³/mol. The van der Waals surface area contributed by atoms with Crippen LogP contribution in [-0.4, -0.2) is 9.13 Å². The number of benzene rings is 12. The van der Waals surface area contributed by atoms with Crippen LogP contribution in [0, 0.1) is 0 Å². The lowest BCUT2D eigenvalue weighted by atomic mass is 9.92. The highest BCUT2D eigenvalue weighted by molar-refractivity contribution is 6.12. The number of fused-ring (bicyclic) bond motifs is 8. The molecular weight excluding hydrogens is 859 g/mol. The minimum atomic E-state index is 1.10. The second-order valence-corrected chi connectivity index (χ2v) is 18.6. The van der Waals surface area contributed by atoms with E-state index in [0.717, 1.165) is 39.6 Å². The minimum Gasteiger partial charge on any atom is -0.311 e. The van der Waals surface area contributed by atoms with E-state index in [9.17, 15) is 0 Å². The third-order valence-electron chi connectivity index (χ3n) is 14.4. The van der Waals surface area contributed by atoms with Gasteiger partial charge in [0.15, 0.2) is 0 Å². The number of hydrogen-bond donors (Lipinski definition) is 0. The Labute approximate surface area is 412 Å². The first-order chi connectivity index (χ1) is 35.2. The maximum Gasteiger partial charge on any atom is 0.0541 e. The summed E-state index contributed by atoms with van der Waals surface area (Å²) in [6, 6.07) is 99.9. The lowest BCUT2D eigenvalue weighted by Crippen LogP contribution is -2.09. The molecule has 2 heterocycles. The van der Waals surface area contributed by atoms with E-state index >= 15 is 0 Å². The van der Waals surface area contributed by atoms with Crippen molar-refractivity contribution in [2.45, 2.75) is 0 Å². The van der Waals surface area contributed by atoms with Crippen molar-refractivity contribution in [3.63, 3.8) is 0 Å². The van der Waals surface area contributed by atoms with E-state index in [0.29, 0.717) is 0 Å². The van der Waals surface area contributed by atoms with Crippen molar-refractivity contribution in [2.24, 2.45) is 0 Å². The fraction of sp³-hybridized carbons (Fsp3) is 0. The molecule has 0 amide bonds. The molecule has 3 heteroatoms. The van der Waals surface area contributed by atoms with Crippen LogP contribution in [0.15, 0.2) is 273 Å². The summed E-state index contributed by atoms with van der Waals surface area (Å²) < 4.78 is 4.84. The van der Waals surface area contributed by atoms with Gasteiger partial charge in [-0.15, -0.1) is 0 Å². The van der Waals surface area contributed by atoms with Crippen LogP contribution in [0.4, 0.5) is 17.1 Å². The number of anilines is 3. The van der Waals surface area contributed by atoms with Gasteiger partial charge in [-0.1, -0.05) is 158 Å². The van der Waals surface area contributed by atoms with E-state index in [-0.39, 0.29) is 0 Å². The molecule has 14 aromatic rings. The predicted octanol–water partition coefficient (Wildman–Crippen LogP) is 18.7.